The molecule has 0 amide bonds. The molecule has 0 aliphatic heterocycles. The molecule has 0 radical (unpaired) electrons. The number of rotatable bonds is 3. The smallest absolute Gasteiger partial charge is 0.155 e. The number of pyridine rings is 2. The lowest BCUT2D eigenvalue weighted by Gasteiger charge is -2.02. The van der Waals surface area contributed by atoms with Gasteiger partial charge in [-0.25, -0.2) is 9.97 Å². The fourth-order valence-electron chi connectivity index (χ4n) is 3.76. The number of aryl methyl sites for hydroxylation is 2. The summed E-state index contributed by atoms with van der Waals surface area (Å²) in [6.07, 6.45) is 13.1. The van der Waals surface area contributed by atoms with E-state index in [2.05, 4.69) is 47.4 Å². The highest BCUT2D eigenvalue weighted by Crippen LogP contribution is 2.32. The van der Waals surface area contributed by atoms with Crippen LogP contribution in [0.2, 0.25) is 0 Å². The van der Waals surface area contributed by atoms with E-state index in [1.165, 1.54) is 0 Å². The van der Waals surface area contributed by atoms with Crippen molar-refractivity contribution < 1.29 is 0 Å². The summed E-state index contributed by atoms with van der Waals surface area (Å²) in [5, 5.41) is 13.8. The van der Waals surface area contributed by atoms with Crippen molar-refractivity contribution in [3.05, 3.63) is 61.3 Å². The highest BCUT2D eigenvalue weighted by atomic mass is 15.2. The van der Waals surface area contributed by atoms with Gasteiger partial charge < -0.3 is 9.55 Å². The van der Waals surface area contributed by atoms with Crippen LogP contribution in [0.15, 0.2) is 55.6 Å². The van der Waals surface area contributed by atoms with E-state index in [1.54, 1.807) is 11.0 Å². The van der Waals surface area contributed by atoms with Crippen LogP contribution in [0.5, 0.6) is 0 Å². The monoisotopic (exact) mass is 395 g/mol. The Balaban J connectivity index is 1.52. The molecular formula is C21H17N9. The molecule has 9 heteroatoms. The van der Waals surface area contributed by atoms with Gasteiger partial charge in [0, 0.05) is 47.5 Å². The average molecular weight is 395 g/mol. The molecular weight excluding hydrogens is 378 g/mol. The summed E-state index contributed by atoms with van der Waals surface area (Å²) in [5.74, 6) is 0. The van der Waals surface area contributed by atoms with E-state index in [0.29, 0.717) is 0 Å². The molecule has 6 aromatic rings. The summed E-state index contributed by atoms with van der Waals surface area (Å²) >= 11 is 0. The van der Waals surface area contributed by atoms with Crippen molar-refractivity contribution in [3.63, 3.8) is 0 Å². The second-order valence-electron chi connectivity index (χ2n) is 7.32. The first-order valence-electron chi connectivity index (χ1n) is 9.47. The predicted molar refractivity (Wildman–Crippen MR) is 113 cm³/mol. The van der Waals surface area contributed by atoms with Crippen LogP contribution < -0.4 is 0 Å². The maximum Gasteiger partial charge on any atom is 0.155 e. The zero-order valence-corrected chi connectivity index (χ0v) is 16.3. The lowest BCUT2D eigenvalue weighted by molar-refractivity contribution is 0.768. The number of nitrogens with zero attached hydrogens (tertiary/aromatic N) is 7. The summed E-state index contributed by atoms with van der Waals surface area (Å²) in [7, 11) is 1.90. The Hall–Kier alpha value is -4.27. The van der Waals surface area contributed by atoms with Crippen LogP contribution in [0.1, 0.15) is 5.69 Å². The van der Waals surface area contributed by atoms with E-state index < -0.39 is 0 Å². The molecule has 0 aliphatic carbocycles. The second kappa shape index (κ2) is 6.11. The first-order valence-corrected chi connectivity index (χ1v) is 9.47. The molecule has 6 aromatic heterocycles. The van der Waals surface area contributed by atoms with Crippen LogP contribution in [0, 0.1) is 6.92 Å². The molecule has 0 atom stereocenters. The van der Waals surface area contributed by atoms with Gasteiger partial charge in [-0.3, -0.25) is 14.8 Å². The number of imidazole rings is 1. The molecule has 0 aliphatic rings. The van der Waals surface area contributed by atoms with E-state index in [9.17, 15) is 0 Å². The minimum absolute atomic E-state index is 0.736. The van der Waals surface area contributed by atoms with Gasteiger partial charge in [-0.15, -0.1) is 0 Å². The molecule has 30 heavy (non-hydrogen) atoms. The summed E-state index contributed by atoms with van der Waals surface area (Å²) in [6, 6.07) is 4.18. The van der Waals surface area contributed by atoms with Crippen LogP contribution in [-0.2, 0) is 7.05 Å². The Morgan fingerprint density at radius 2 is 1.87 bits per heavy atom. The van der Waals surface area contributed by atoms with Crippen LogP contribution in [-0.4, -0.2) is 44.5 Å². The number of nitrogens with one attached hydrogen (secondary N) is 2. The number of H-pyrrole nitrogens is 2. The molecule has 6 rings (SSSR count). The molecule has 0 unspecified atom stereocenters. The first-order chi connectivity index (χ1) is 14.7. The third-order valence-corrected chi connectivity index (χ3v) is 5.22. The number of aromatic nitrogens is 9. The molecule has 0 saturated carbocycles. The predicted octanol–water partition coefficient (Wildman–Crippen LogP) is 3.40. The molecule has 6 heterocycles. The zero-order chi connectivity index (χ0) is 20.2. The number of hydrogen-bond donors (Lipinski definition) is 2. The second-order valence-corrected chi connectivity index (χ2v) is 7.32. The van der Waals surface area contributed by atoms with Crippen LogP contribution in [0.3, 0.4) is 0 Å². The summed E-state index contributed by atoms with van der Waals surface area (Å²) < 4.78 is 3.76. The van der Waals surface area contributed by atoms with Crippen molar-refractivity contribution in [2.24, 2.45) is 7.05 Å². The van der Waals surface area contributed by atoms with Gasteiger partial charge in [0.05, 0.1) is 47.5 Å². The van der Waals surface area contributed by atoms with Gasteiger partial charge >= 0.3 is 0 Å². The Morgan fingerprint density at radius 3 is 2.67 bits per heavy atom. The Labute approximate surface area is 170 Å². The van der Waals surface area contributed by atoms with Gasteiger partial charge in [0.15, 0.2) is 5.65 Å². The molecule has 9 nitrogen and oxygen atoms in total. The Bertz CT molecular complexity index is 1530. The fraction of sp³-hybridized carbons (Fsp3) is 0.0952. The SMILES string of the molecule is Cc1cn(-c2cncc3[nH]c(-c4n[nH]c5ncc(-c6cnn(C)c6)cc45)cc23)cn1. The fourth-order valence-corrected chi connectivity index (χ4v) is 3.76. The van der Waals surface area contributed by atoms with Crippen LogP contribution >= 0.6 is 0 Å². The zero-order valence-electron chi connectivity index (χ0n) is 16.3. The molecule has 0 bridgehead atoms. The highest BCUT2D eigenvalue weighted by molar-refractivity contribution is 5.97. The van der Waals surface area contributed by atoms with Gasteiger partial charge in [0.2, 0.25) is 0 Å². The largest absolute Gasteiger partial charge is 0.352 e. The first kappa shape index (κ1) is 16.7. The van der Waals surface area contributed by atoms with Crippen molar-refractivity contribution in [3.8, 4) is 28.2 Å². The summed E-state index contributed by atoms with van der Waals surface area (Å²) in [6.45, 7) is 1.97. The lowest BCUT2D eigenvalue weighted by atomic mass is 10.1. The maximum atomic E-state index is 4.54. The lowest BCUT2D eigenvalue weighted by Crippen LogP contribution is -1.91. The average Bonchev–Trinajstić information content (AvgIpc) is 3.52. The number of fused-ring (bicyclic) bond motifs is 2. The third kappa shape index (κ3) is 2.52. The normalized spacial score (nSPS) is 11.7. The molecule has 0 aromatic carbocycles. The van der Waals surface area contributed by atoms with Crippen molar-refractivity contribution >= 4 is 21.9 Å². The molecule has 0 saturated heterocycles. The standard InChI is InChI=1S/C21H17N9/c1-12-9-30(11-24-12)19-8-22-7-18-15(19)4-17(26-18)20-16-3-13(5-23-21(16)28-27-20)14-6-25-29(2)10-14/h3-11,26H,1-2H3,(H,23,27,28). The summed E-state index contributed by atoms with van der Waals surface area (Å²) in [4.78, 5) is 16.7. The van der Waals surface area contributed by atoms with Gasteiger partial charge in [-0.05, 0) is 19.1 Å². The van der Waals surface area contributed by atoms with Crippen LogP contribution in [0.25, 0.3) is 50.1 Å². The van der Waals surface area contributed by atoms with E-state index >= 15 is 0 Å². The molecule has 146 valence electrons. The van der Waals surface area contributed by atoms with Crippen molar-refractivity contribution in [2.75, 3.05) is 0 Å². The third-order valence-electron chi connectivity index (χ3n) is 5.22. The van der Waals surface area contributed by atoms with Crippen molar-refractivity contribution in [2.45, 2.75) is 6.92 Å². The minimum atomic E-state index is 0.736. The molecule has 2 N–H and O–H groups in total. The van der Waals surface area contributed by atoms with E-state index in [0.717, 1.165) is 55.8 Å². The topological polar surface area (TPSA) is 106 Å². The minimum Gasteiger partial charge on any atom is -0.352 e. The Morgan fingerprint density at radius 1 is 0.933 bits per heavy atom. The van der Waals surface area contributed by atoms with E-state index in [4.69, 9.17) is 0 Å². The van der Waals surface area contributed by atoms with E-state index in [-0.39, 0.29) is 0 Å². The molecule has 0 spiro atoms. The maximum absolute atomic E-state index is 4.54. The Kier molecular flexibility index (Phi) is 3.40. The number of hydrogen-bond acceptors (Lipinski definition) is 5. The van der Waals surface area contributed by atoms with Gasteiger partial charge in [-0.2, -0.15) is 10.2 Å². The van der Waals surface area contributed by atoms with Gasteiger partial charge in [-0.1, -0.05) is 0 Å². The van der Waals surface area contributed by atoms with Crippen LogP contribution in [0.4, 0.5) is 0 Å². The summed E-state index contributed by atoms with van der Waals surface area (Å²) in [5.41, 5.74) is 7.30. The highest BCUT2D eigenvalue weighted by Gasteiger charge is 2.15. The van der Waals surface area contributed by atoms with E-state index in [1.807, 2.05) is 55.7 Å². The quantitative estimate of drug-likeness (QED) is 0.478. The molecule has 0 fully saturated rings. The van der Waals surface area contributed by atoms with Gasteiger partial charge in [0.1, 0.15) is 5.69 Å². The van der Waals surface area contributed by atoms with Gasteiger partial charge in [0.25, 0.3) is 0 Å². The van der Waals surface area contributed by atoms with Crippen molar-refractivity contribution in [1.29, 1.82) is 0 Å². The van der Waals surface area contributed by atoms with Crippen molar-refractivity contribution in [1.82, 2.24) is 44.5 Å². The number of aromatic amines is 2.